The van der Waals surface area contributed by atoms with Gasteiger partial charge in [-0.2, -0.15) is 0 Å². The molecule has 0 bridgehead atoms. The highest BCUT2D eigenvalue weighted by Crippen LogP contribution is 2.21. The van der Waals surface area contributed by atoms with Crippen molar-refractivity contribution in [3.8, 4) is 5.75 Å². The van der Waals surface area contributed by atoms with E-state index in [9.17, 15) is 4.79 Å². The molecular weight excluding hydrogens is 288 g/mol. The lowest BCUT2D eigenvalue weighted by molar-refractivity contribution is 0.0949. The summed E-state index contributed by atoms with van der Waals surface area (Å²) in [6.07, 6.45) is 1.88. The lowest BCUT2D eigenvalue weighted by Gasteiger charge is -2.04. The Morgan fingerprint density at radius 2 is 1.96 bits per heavy atom. The molecule has 0 aliphatic carbocycles. The van der Waals surface area contributed by atoms with Gasteiger partial charge in [0.15, 0.2) is 0 Å². The van der Waals surface area contributed by atoms with Gasteiger partial charge in [0, 0.05) is 23.5 Å². The summed E-state index contributed by atoms with van der Waals surface area (Å²) in [5.74, 6) is 0.697. The van der Waals surface area contributed by atoms with Crippen LogP contribution in [0.3, 0.4) is 0 Å². The van der Waals surface area contributed by atoms with Gasteiger partial charge in [0.1, 0.15) is 11.4 Å². The van der Waals surface area contributed by atoms with E-state index in [1.165, 1.54) is 5.56 Å². The normalized spacial score (nSPS) is 10.7. The maximum absolute atomic E-state index is 12.2. The van der Waals surface area contributed by atoms with Crippen molar-refractivity contribution < 1.29 is 9.53 Å². The SMILES string of the molecule is COc1ccc2cc(C(=O)NCCCc3ccccc3)[nH]c2c1. The topological polar surface area (TPSA) is 54.1 Å². The average molecular weight is 308 g/mol. The number of ether oxygens (including phenoxy) is 1. The molecule has 0 saturated carbocycles. The molecule has 0 radical (unpaired) electrons. The number of carbonyl (C=O) groups excluding carboxylic acids is 1. The number of H-pyrrole nitrogens is 1. The van der Waals surface area contributed by atoms with Gasteiger partial charge in [0.2, 0.25) is 0 Å². The predicted molar refractivity (Wildman–Crippen MR) is 91.9 cm³/mol. The van der Waals surface area contributed by atoms with Crippen LogP contribution >= 0.6 is 0 Å². The van der Waals surface area contributed by atoms with Gasteiger partial charge in [-0.1, -0.05) is 30.3 Å². The molecule has 1 heterocycles. The number of benzene rings is 2. The minimum Gasteiger partial charge on any atom is -0.497 e. The molecule has 0 fully saturated rings. The van der Waals surface area contributed by atoms with E-state index in [0.29, 0.717) is 12.2 Å². The van der Waals surface area contributed by atoms with E-state index in [2.05, 4.69) is 22.4 Å². The van der Waals surface area contributed by atoms with Gasteiger partial charge >= 0.3 is 0 Å². The fourth-order valence-corrected chi connectivity index (χ4v) is 2.59. The zero-order chi connectivity index (χ0) is 16.1. The number of aromatic nitrogens is 1. The Morgan fingerprint density at radius 1 is 1.13 bits per heavy atom. The third kappa shape index (κ3) is 3.72. The number of fused-ring (bicyclic) bond motifs is 1. The highest BCUT2D eigenvalue weighted by atomic mass is 16.5. The van der Waals surface area contributed by atoms with E-state index in [1.54, 1.807) is 7.11 Å². The van der Waals surface area contributed by atoms with Crippen molar-refractivity contribution in [3.05, 3.63) is 65.9 Å². The van der Waals surface area contributed by atoms with Gasteiger partial charge in [-0.25, -0.2) is 0 Å². The van der Waals surface area contributed by atoms with Crippen molar-refractivity contribution in [2.75, 3.05) is 13.7 Å². The van der Waals surface area contributed by atoms with Crippen LogP contribution in [0.5, 0.6) is 5.75 Å². The Kier molecular flexibility index (Phi) is 4.62. The van der Waals surface area contributed by atoms with Crippen LogP contribution in [-0.2, 0) is 6.42 Å². The second-order valence-electron chi connectivity index (χ2n) is 5.48. The Bertz CT molecular complexity index is 793. The smallest absolute Gasteiger partial charge is 0.267 e. The maximum atomic E-state index is 12.2. The number of aryl methyl sites for hydroxylation is 1. The molecule has 23 heavy (non-hydrogen) atoms. The molecule has 118 valence electrons. The predicted octanol–water partition coefficient (Wildman–Crippen LogP) is 3.54. The van der Waals surface area contributed by atoms with Crippen molar-refractivity contribution in [2.24, 2.45) is 0 Å². The fraction of sp³-hybridized carbons (Fsp3) is 0.211. The summed E-state index contributed by atoms with van der Waals surface area (Å²) in [4.78, 5) is 15.3. The summed E-state index contributed by atoms with van der Waals surface area (Å²) in [5.41, 5.74) is 2.77. The number of amides is 1. The monoisotopic (exact) mass is 308 g/mol. The molecule has 2 N–H and O–H groups in total. The molecule has 4 nitrogen and oxygen atoms in total. The zero-order valence-electron chi connectivity index (χ0n) is 13.1. The molecule has 0 aliphatic rings. The Labute approximate surface area is 135 Å². The summed E-state index contributed by atoms with van der Waals surface area (Å²) in [6, 6.07) is 17.9. The first-order valence-electron chi connectivity index (χ1n) is 7.75. The quantitative estimate of drug-likeness (QED) is 0.684. The average Bonchev–Trinajstić information content (AvgIpc) is 3.02. The summed E-state index contributed by atoms with van der Waals surface area (Å²) < 4.78 is 5.19. The minimum atomic E-state index is -0.0757. The maximum Gasteiger partial charge on any atom is 0.267 e. The van der Waals surface area contributed by atoms with Crippen LogP contribution < -0.4 is 10.1 Å². The number of carbonyl (C=O) groups is 1. The van der Waals surface area contributed by atoms with E-state index >= 15 is 0 Å². The van der Waals surface area contributed by atoms with E-state index in [0.717, 1.165) is 29.5 Å². The molecule has 3 rings (SSSR count). The number of hydrogen-bond donors (Lipinski definition) is 2. The third-order valence-corrected chi connectivity index (χ3v) is 3.84. The van der Waals surface area contributed by atoms with E-state index in [4.69, 9.17) is 4.74 Å². The Morgan fingerprint density at radius 3 is 2.74 bits per heavy atom. The van der Waals surface area contributed by atoms with Gasteiger partial charge in [0.25, 0.3) is 5.91 Å². The molecule has 0 unspecified atom stereocenters. The van der Waals surface area contributed by atoms with Gasteiger partial charge in [-0.15, -0.1) is 0 Å². The third-order valence-electron chi connectivity index (χ3n) is 3.84. The van der Waals surface area contributed by atoms with E-state index < -0.39 is 0 Å². The van der Waals surface area contributed by atoms with E-state index in [-0.39, 0.29) is 5.91 Å². The van der Waals surface area contributed by atoms with Crippen molar-refractivity contribution in [2.45, 2.75) is 12.8 Å². The van der Waals surface area contributed by atoms with Crippen LogP contribution in [-0.4, -0.2) is 24.5 Å². The van der Waals surface area contributed by atoms with Crippen molar-refractivity contribution >= 4 is 16.8 Å². The van der Waals surface area contributed by atoms with Crippen LogP contribution in [0.1, 0.15) is 22.5 Å². The second kappa shape index (κ2) is 7.01. The number of methoxy groups -OCH3 is 1. The highest BCUT2D eigenvalue weighted by Gasteiger charge is 2.09. The number of aromatic amines is 1. The summed E-state index contributed by atoms with van der Waals surface area (Å²) in [6.45, 7) is 0.659. The second-order valence-corrected chi connectivity index (χ2v) is 5.48. The van der Waals surface area contributed by atoms with E-state index in [1.807, 2.05) is 42.5 Å². The number of hydrogen-bond acceptors (Lipinski definition) is 2. The first kappa shape index (κ1) is 15.2. The molecule has 0 saturated heterocycles. The molecule has 0 atom stereocenters. The first-order chi connectivity index (χ1) is 11.3. The Balaban J connectivity index is 1.55. The number of rotatable bonds is 6. The van der Waals surface area contributed by atoms with Crippen molar-refractivity contribution in [1.29, 1.82) is 0 Å². The lowest BCUT2D eigenvalue weighted by atomic mass is 10.1. The summed E-state index contributed by atoms with van der Waals surface area (Å²) in [5, 5.41) is 3.96. The summed E-state index contributed by atoms with van der Waals surface area (Å²) >= 11 is 0. The molecule has 1 amide bonds. The van der Waals surface area contributed by atoms with Crippen LogP contribution in [0.25, 0.3) is 10.9 Å². The van der Waals surface area contributed by atoms with Crippen molar-refractivity contribution in [3.63, 3.8) is 0 Å². The fourth-order valence-electron chi connectivity index (χ4n) is 2.59. The molecule has 4 heteroatoms. The molecule has 2 aromatic carbocycles. The summed E-state index contributed by atoms with van der Waals surface area (Å²) in [7, 11) is 1.63. The standard InChI is InChI=1S/C19H20N2O2/c1-23-16-10-9-15-12-18(21-17(15)13-16)19(22)20-11-5-8-14-6-3-2-4-7-14/h2-4,6-7,9-10,12-13,21H,5,8,11H2,1H3,(H,20,22). The highest BCUT2D eigenvalue weighted by molar-refractivity contribution is 5.98. The minimum absolute atomic E-state index is 0.0757. The largest absolute Gasteiger partial charge is 0.497 e. The van der Waals surface area contributed by atoms with Crippen LogP contribution in [0.15, 0.2) is 54.6 Å². The van der Waals surface area contributed by atoms with Crippen LogP contribution in [0.4, 0.5) is 0 Å². The van der Waals surface area contributed by atoms with Crippen LogP contribution in [0, 0.1) is 0 Å². The van der Waals surface area contributed by atoms with Crippen molar-refractivity contribution in [1.82, 2.24) is 10.3 Å². The Hall–Kier alpha value is -2.75. The molecule has 0 aliphatic heterocycles. The zero-order valence-corrected chi connectivity index (χ0v) is 13.1. The molecule has 3 aromatic rings. The molecular formula is C19H20N2O2. The van der Waals surface area contributed by atoms with Gasteiger partial charge in [0.05, 0.1) is 7.11 Å². The lowest BCUT2D eigenvalue weighted by Crippen LogP contribution is -2.25. The van der Waals surface area contributed by atoms with Gasteiger partial charge in [-0.3, -0.25) is 4.79 Å². The van der Waals surface area contributed by atoms with Gasteiger partial charge in [-0.05, 0) is 36.6 Å². The van der Waals surface area contributed by atoms with Gasteiger partial charge < -0.3 is 15.0 Å². The van der Waals surface area contributed by atoms with Crippen LogP contribution in [0.2, 0.25) is 0 Å². The first-order valence-corrected chi connectivity index (χ1v) is 7.75. The molecule has 1 aromatic heterocycles. The number of nitrogens with one attached hydrogen (secondary N) is 2. The molecule has 0 spiro atoms.